The van der Waals surface area contributed by atoms with Gasteiger partial charge in [-0.25, -0.2) is 4.79 Å². The fraction of sp³-hybridized carbons (Fsp3) is 0.667. The van der Waals surface area contributed by atoms with Crippen LogP contribution in [0.2, 0.25) is 0 Å². The van der Waals surface area contributed by atoms with Crippen LogP contribution >= 0.6 is 0 Å². The number of nitrogens with zero attached hydrogens (tertiary/aromatic N) is 2. The van der Waals surface area contributed by atoms with Crippen molar-refractivity contribution < 1.29 is 9.53 Å². The Balaban J connectivity index is 1.84. The first kappa shape index (κ1) is 16.5. The maximum atomic E-state index is 12.1. The standard InChI is InChI=1S/C15H23N3O4/c1-11-9-18(15(21)16-14(11)20)10-13(19)17(2)7-3-5-12-6-4-8-22-12/h9,12H,3-8,10H2,1-2H3,(H,16,20,21). The Bertz CT molecular complexity index is 628. The van der Waals surface area contributed by atoms with E-state index in [1.165, 1.54) is 10.8 Å². The first-order valence-electron chi connectivity index (χ1n) is 7.63. The van der Waals surface area contributed by atoms with Gasteiger partial charge in [0.05, 0.1) is 6.10 Å². The summed E-state index contributed by atoms with van der Waals surface area (Å²) in [6.07, 6.45) is 5.80. The number of carbonyl (C=O) groups excluding carboxylic acids is 1. The van der Waals surface area contributed by atoms with E-state index in [2.05, 4.69) is 4.98 Å². The molecule has 1 aliphatic rings. The minimum Gasteiger partial charge on any atom is -0.378 e. The second-order valence-electron chi connectivity index (χ2n) is 5.79. The van der Waals surface area contributed by atoms with Gasteiger partial charge in [0, 0.05) is 32.0 Å². The minimum atomic E-state index is -0.559. The first-order chi connectivity index (χ1) is 10.5. The molecular formula is C15H23N3O4. The molecule has 1 aromatic heterocycles. The highest BCUT2D eigenvalue weighted by atomic mass is 16.5. The van der Waals surface area contributed by atoms with Gasteiger partial charge in [-0.2, -0.15) is 0 Å². The van der Waals surface area contributed by atoms with Crippen molar-refractivity contribution in [3.05, 3.63) is 32.6 Å². The summed E-state index contributed by atoms with van der Waals surface area (Å²) in [6, 6.07) is 0. The van der Waals surface area contributed by atoms with Gasteiger partial charge in [-0.3, -0.25) is 19.1 Å². The molecule has 22 heavy (non-hydrogen) atoms. The zero-order valence-electron chi connectivity index (χ0n) is 13.1. The SMILES string of the molecule is Cc1cn(CC(=O)N(C)CCCC2CCCO2)c(=O)[nH]c1=O. The van der Waals surface area contributed by atoms with E-state index in [1.807, 2.05) is 0 Å². The topological polar surface area (TPSA) is 84.4 Å². The maximum absolute atomic E-state index is 12.1. The molecule has 1 aliphatic heterocycles. The second-order valence-corrected chi connectivity index (χ2v) is 5.79. The van der Waals surface area contributed by atoms with Crippen LogP contribution in [0.25, 0.3) is 0 Å². The van der Waals surface area contributed by atoms with Gasteiger partial charge in [-0.05, 0) is 32.6 Å². The minimum absolute atomic E-state index is 0.0626. The van der Waals surface area contributed by atoms with Gasteiger partial charge in [-0.15, -0.1) is 0 Å². The molecule has 7 heteroatoms. The highest BCUT2D eigenvalue weighted by Gasteiger charge is 2.16. The summed E-state index contributed by atoms with van der Waals surface area (Å²) in [5, 5.41) is 0. The normalized spacial score (nSPS) is 17.6. The smallest absolute Gasteiger partial charge is 0.328 e. The van der Waals surface area contributed by atoms with Crippen LogP contribution in [-0.2, 0) is 16.1 Å². The van der Waals surface area contributed by atoms with Gasteiger partial charge in [0.15, 0.2) is 0 Å². The van der Waals surface area contributed by atoms with Crippen LogP contribution in [0.15, 0.2) is 15.8 Å². The summed E-state index contributed by atoms with van der Waals surface area (Å²) in [4.78, 5) is 38.9. The molecule has 1 amide bonds. The molecule has 122 valence electrons. The molecular weight excluding hydrogens is 286 g/mol. The highest BCUT2D eigenvalue weighted by Crippen LogP contribution is 2.16. The van der Waals surface area contributed by atoms with Crippen molar-refractivity contribution in [1.29, 1.82) is 0 Å². The summed E-state index contributed by atoms with van der Waals surface area (Å²) in [6.45, 7) is 3.02. The van der Waals surface area contributed by atoms with E-state index in [1.54, 1.807) is 18.9 Å². The predicted molar refractivity (Wildman–Crippen MR) is 81.9 cm³/mol. The number of carbonyl (C=O) groups is 1. The van der Waals surface area contributed by atoms with Crippen molar-refractivity contribution in [3.8, 4) is 0 Å². The molecule has 2 rings (SSSR count). The van der Waals surface area contributed by atoms with E-state index in [0.717, 1.165) is 32.3 Å². The van der Waals surface area contributed by atoms with Gasteiger partial charge >= 0.3 is 5.69 Å². The number of likely N-dealkylation sites (N-methyl/N-ethyl adjacent to an activating group) is 1. The van der Waals surface area contributed by atoms with E-state index < -0.39 is 11.2 Å². The Kier molecular flexibility index (Phi) is 5.54. The van der Waals surface area contributed by atoms with Crippen molar-refractivity contribution in [2.24, 2.45) is 0 Å². The number of hydrogen-bond acceptors (Lipinski definition) is 4. The van der Waals surface area contributed by atoms with E-state index in [9.17, 15) is 14.4 Å². The lowest BCUT2D eigenvalue weighted by atomic mass is 10.1. The number of H-pyrrole nitrogens is 1. The van der Waals surface area contributed by atoms with Crippen LogP contribution in [0, 0.1) is 6.92 Å². The molecule has 1 N–H and O–H groups in total. The largest absolute Gasteiger partial charge is 0.378 e. The summed E-state index contributed by atoms with van der Waals surface area (Å²) >= 11 is 0. The zero-order chi connectivity index (χ0) is 16.1. The van der Waals surface area contributed by atoms with Crippen LogP contribution in [-0.4, -0.2) is 46.7 Å². The zero-order valence-corrected chi connectivity index (χ0v) is 13.1. The Morgan fingerprint density at radius 2 is 2.27 bits per heavy atom. The third kappa shape index (κ3) is 4.30. The van der Waals surface area contributed by atoms with Crippen LogP contribution in [0.3, 0.4) is 0 Å². The number of ether oxygens (including phenoxy) is 1. The first-order valence-corrected chi connectivity index (χ1v) is 7.63. The maximum Gasteiger partial charge on any atom is 0.328 e. The Morgan fingerprint density at radius 3 is 2.95 bits per heavy atom. The Labute approximate surface area is 128 Å². The summed E-state index contributed by atoms with van der Waals surface area (Å²) in [7, 11) is 1.72. The van der Waals surface area contributed by atoms with Crippen molar-refractivity contribution in [2.75, 3.05) is 20.2 Å². The Hall–Kier alpha value is -1.89. The third-order valence-corrected chi connectivity index (χ3v) is 3.96. The number of amides is 1. The highest BCUT2D eigenvalue weighted by molar-refractivity contribution is 5.75. The van der Waals surface area contributed by atoms with Crippen LogP contribution in [0.5, 0.6) is 0 Å². The Morgan fingerprint density at radius 1 is 1.50 bits per heavy atom. The van der Waals surface area contributed by atoms with Crippen LogP contribution in [0.1, 0.15) is 31.2 Å². The number of aromatic amines is 1. The van der Waals surface area contributed by atoms with E-state index in [4.69, 9.17) is 4.74 Å². The van der Waals surface area contributed by atoms with Crippen molar-refractivity contribution in [3.63, 3.8) is 0 Å². The number of nitrogens with one attached hydrogen (secondary N) is 1. The molecule has 1 saturated heterocycles. The molecule has 0 aliphatic carbocycles. The van der Waals surface area contributed by atoms with Gasteiger partial charge in [0.1, 0.15) is 6.54 Å². The van der Waals surface area contributed by atoms with Crippen LogP contribution in [0.4, 0.5) is 0 Å². The molecule has 0 bridgehead atoms. The average molecular weight is 309 g/mol. The fourth-order valence-corrected chi connectivity index (χ4v) is 2.56. The van der Waals surface area contributed by atoms with Crippen molar-refractivity contribution >= 4 is 5.91 Å². The lowest BCUT2D eigenvalue weighted by Gasteiger charge is -2.18. The number of rotatable bonds is 6. The fourth-order valence-electron chi connectivity index (χ4n) is 2.56. The van der Waals surface area contributed by atoms with Crippen molar-refractivity contribution in [1.82, 2.24) is 14.5 Å². The van der Waals surface area contributed by atoms with Gasteiger partial charge in [0.2, 0.25) is 5.91 Å². The summed E-state index contributed by atoms with van der Waals surface area (Å²) in [5.74, 6) is -0.152. The van der Waals surface area contributed by atoms with E-state index >= 15 is 0 Å². The quantitative estimate of drug-likeness (QED) is 0.817. The molecule has 1 fully saturated rings. The van der Waals surface area contributed by atoms with Crippen LogP contribution < -0.4 is 11.2 Å². The molecule has 2 heterocycles. The van der Waals surface area contributed by atoms with E-state index in [-0.39, 0.29) is 12.5 Å². The lowest BCUT2D eigenvalue weighted by Crippen LogP contribution is -2.37. The molecule has 0 radical (unpaired) electrons. The number of aryl methyl sites for hydroxylation is 1. The molecule has 0 aromatic carbocycles. The van der Waals surface area contributed by atoms with Gasteiger partial charge in [0.25, 0.3) is 5.56 Å². The molecule has 1 unspecified atom stereocenters. The second kappa shape index (κ2) is 7.40. The summed E-state index contributed by atoms with van der Waals surface area (Å²) in [5.41, 5.74) is -0.566. The predicted octanol–water partition coefficient (Wildman–Crippen LogP) is 0.263. The molecule has 7 nitrogen and oxygen atoms in total. The van der Waals surface area contributed by atoms with E-state index in [0.29, 0.717) is 18.2 Å². The lowest BCUT2D eigenvalue weighted by molar-refractivity contribution is -0.130. The molecule has 1 aromatic rings. The summed E-state index contributed by atoms with van der Waals surface area (Å²) < 4.78 is 6.78. The van der Waals surface area contributed by atoms with Gasteiger partial charge < -0.3 is 9.64 Å². The average Bonchev–Trinajstić information content (AvgIpc) is 2.97. The molecule has 1 atom stereocenters. The molecule has 0 spiro atoms. The monoisotopic (exact) mass is 309 g/mol. The third-order valence-electron chi connectivity index (χ3n) is 3.96. The number of aromatic nitrogens is 2. The number of hydrogen-bond donors (Lipinski definition) is 1. The van der Waals surface area contributed by atoms with Gasteiger partial charge in [-0.1, -0.05) is 0 Å². The van der Waals surface area contributed by atoms with Crippen molar-refractivity contribution in [2.45, 2.75) is 45.3 Å². The molecule has 0 saturated carbocycles.